The molecular formula is C78H93N3O10S4. The third kappa shape index (κ3) is 8.69. The number of carbonyl (C=O) groups excluding carboxylic acids is 1. The summed E-state index contributed by atoms with van der Waals surface area (Å²) in [5.41, 5.74) is 1.92. The number of aliphatic hydroxyl groups is 5. The molecule has 17 heteroatoms. The van der Waals surface area contributed by atoms with Crippen molar-refractivity contribution in [3.8, 4) is 11.5 Å². The van der Waals surface area contributed by atoms with Gasteiger partial charge in [0.1, 0.15) is 18.0 Å². The molecule has 9 N–H and O–H groups in total. The Labute approximate surface area is 573 Å². The van der Waals surface area contributed by atoms with Crippen LogP contribution in [0.4, 0.5) is 0 Å². The van der Waals surface area contributed by atoms with Gasteiger partial charge < -0.3 is 60.5 Å². The van der Waals surface area contributed by atoms with E-state index >= 15 is 4.79 Å². The van der Waals surface area contributed by atoms with Gasteiger partial charge in [-0.2, -0.15) is 0 Å². The number of H-pyrrole nitrogens is 1. The van der Waals surface area contributed by atoms with E-state index in [9.17, 15) is 30.6 Å². The lowest BCUT2D eigenvalue weighted by atomic mass is 9.39. The Bertz CT molecular complexity index is 4020. The fourth-order valence-corrected chi connectivity index (χ4v) is 33.1. The molecule has 95 heavy (non-hydrogen) atoms. The Kier molecular flexibility index (Phi) is 15.0. The van der Waals surface area contributed by atoms with E-state index in [0.717, 1.165) is 78.1 Å². The molecule has 4 spiro atoms. The van der Waals surface area contributed by atoms with Gasteiger partial charge in [0.25, 0.3) is 0 Å². The number of hydrogen-bond acceptors (Lipinski definition) is 16. The zero-order valence-corrected chi connectivity index (χ0v) is 57.7. The number of phenols is 1. The van der Waals surface area contributed by atoms with Gasteiger partial charge in [-0.25, -0.2) is 4.79 Å². The van der Waals surface area contributed by atoms with Crippen LogP contribution in [0, 0.1) is 63.6 Å². The summed E-state index contributed by atoms with van der Waals surface area (Å²) in [6.45, 7) is 0.832. The second-order valence-electron chi connectivity index (χ2n) is 32.9. The maximum Gasteiger partial charge on any atom is 0.343 e. The standard InChI is InChI=1S/C78H93N3O10S4/c1-79-59-38-92-95-61-39-93-94-60(36-80-29-28-74(46-12-3-2-4-13-46)24-9-23-73(41-74)27-26-72(40-73)21-7-8-22-72)54-35-56-52-34-53(59)67(84)75(25-20-47-31-45-14-17-49-62(61)51-33-48(83)16-18-55(51)76(47,75)64(45)49)69(52)90-70-66(91-78(88,68(54)85)77(56,70)87)71(86)89-65-58(37-82)81-57-19-15-44-30-42-10-5-6-11-43(42)32-50(44)63(57)65/h2-6,10-13,15-16,18-19,30,32-33,45,47,49,52-54,56,59-62,64,66-70,79-85,87-88H,7-9,14,17,20-29,31,34-41H2,1H3. The van der Waals surface area contributed by atoms with Crippen LogP contribution in [0.5, 0.6) is 11.5 Å². The number of hydrogen-bond donors (Lipinski definition) is 9. The molecule has 23 atom stereocenters. The summed E-state index contributed by atoms with van der Waals surface area (Å²) in [6, 6.07) is 33.8. The molecule has 1 aromatic heterocycles. The molecular weight excluding hydrogens is 1270 g/mol. The van der Waals surface area contributed by atoms with E-state index in [1.54, 1.807) is 10.8 Å². The molecule has 5 saturated heterocycles. The van der Waals surface area contributed by atoms with Gasteiger partial charge in [-0.3, -0.25) is 0 Å². The molecule has 6 aromatic rings. The molecule has 9 aliphatic carbocycles. The first-order valence-corrected chi connectivity index (χ1v) is 41.2. The molecule has 8 saturated carbocycles. The molecule has 504 valence electrons. The van der Waals surface area contributed by atoms with Gasteiger partial charge in [0.05, 0.1) is 35.4 Å². The summed E-state index contributed by atoms with van der Waals surface area (Å²) >= 11 is 0. The third-order valence-electron chi connectivity index (χ3n) is 29.3. The molecule has 22 rings (SSSR count). The van der Waals surface area contributed by atoms with Crippen LogP contribution in [0.15, 0.2) is 97.1 Å². The number of aromatic amines is 1. The summed E-state index contributed by atoms with van der Waals surface area (Å²) in [5, 5.41) is 92.0. The maximum atomic E-state index is 16.1. The zero-order valence-electron chi connectivity index (χ0n) is 54.5. The van der Waals surface area contributed by atoms with Crippen molar-refractivity contribution in [2.24, 2.45) is 63.6 Å². The lowest BCUT2D eigenvalue weighted by Crippen LogP contribution is -2.80. The molecule has 9 bridgehead atoms. The van der Waals surface area contributed by atoms with Crippen LogP contribution in [0.3, 0.4) is 0 Å². The first kappa shape index (κ1) is 62.5. The number of carbonyl (C=O) groups is 1. The topological polar surface area (TPSA) is 206 Å². The van der Waals surface area contributed by atoms with E-state index in [-0.39, 0.29) is 68.7 Å². The van der Waals surface area contributed by atoms with Crippen molar-refractivity contribution in [3.63, 3.8) is 0 Å². The van der Waals surface area contributed by atoms with E-state index in [1.807, 2.05) is 75.8 Å². The van der Waals surface area contributed by atoms with Crippen molar-refractivity contribution in [2.45, 2.75) is 204 Å². The van der Waals surface area contributed by atoms with Gasteiger partial charge in [0.2, 0.25) is 5.79 Å². The third-order valence-corrected chi connectivity index (χ3v) is 35.4. The smallest absolute Gasteiger partial charge is 0.343 e. The molecule has 5 aromatic carbocycles. The van der Waals surface area contributed by atoms with Gasteiger partial charge >= 0.3 is 5.97 Å². The Hall–Kier alpha value is -3.53. The maximum absolute atomic E-state index is 16.1. The molecule has 13 nitrogen and oxygen atoms in total. The van der Waals surface area contributed by atoms with Gasteiger partial charge in [-0.15, -0.1) is 0 Å². The van der Waals surface area contributed by atoms with Crippen LogP contribution < -0.4 is 15.4 Å². The first-order chi connectivity index (χ1) is 46.2. The van der Waals surface area contributed by atoms with E-state index in [0.29, 0.717) is 53.5 Å². The molecule has 0 amide bonds. The molecule has 16 aliphatic rings. The number of aromatic hydroxyl groups is 1. The fraction of sp³-hybridized carbons (Fsp3) is 0.628. The Morgan fingerprint density at radius 2 is 1.55 bits per heavy atom. The average Bonchev–Trinajstić information content (AvgIpc) is 1.50. The number of nitrogens with one attached hydrogen (secondary N) is 3. The summed E-state index contributed by atoms with van der Waals surface area (Å²) < 4.78 is 21.7. The highest BCUT2D eigenvalue weighted by Crippen LogP contribution is 2.82. The minimum Gasteiger partial charge on any atom is -0.508 e. The van der Waals surface area contributed by atoms with Gasteiger partial charge in [0.15, 0.2) is 17.5 Å². The van der Waals surface area contributed by atoms with Crippen LogP contribution >= 0.6 is 43.2 Å². The van der Waals surface area contributed by atoms with Crippen molar-refractivity contribution in [2.75, 3.05) is 31.6 Å². The van der Waals surface area contributed by atoms with Gasteiger partial charge in [-0.1, -0.05) is 129 Å². The number of benzene rings is 5. The minimum absolute atomic E-state index is 0.0215. The quantitative estimate of drug-likeness (QED) is 0.0271. The van der Waals surface area contributed by atoms with Crippen molar-refractivity contribution >= 4 is 81.6 Å². The zero-order chi connectivity index (χ0) is 64.2. The van der Waals surface area contributed by atoms with Crippen LogP contribution in [0.25, 0.3) is 32.4 Å². The minimum atomic E-state index is -2.70. The average molecular weight is 1360 g/mol. The van der Waals surface area contributed by atoms with E-state index in [4.69, 9.17) is 14.2 Å². The summed E-state index contributed by atoms with van der Waals surface area (Å²) in [7, 11) is 9.61. The number of rotatable bonds is 10. The highest BCUT2D eigenvalue weighted by Gasteiger charge is 2.86. The highest BCUT2D eigenvalue weighted by molar-refractivity contribution is 8.78. The highest BCUT2D eigenvalue weighted by atomic mass is 33.1. The SMILES string of the molecule is CNC1CSSC2CSSC(CNCCC3(c4ccccc4)CCCC4(CCC5(CCCC5)C4)C3)C3CC4C5CC1C(O)C1(CCC6CC7CCC8C2c2cc(O)ccc2C61C78)C5OC1C(C(=O)Oc2c(CO)[nH]c5ccc6cc7ccccc7cc6c25)OC(O)(C3O)C41O. The fourth-order valence-electron chi connectivity index (χ4n) is 26.1. The lowest BCUT2D eigenvalue weighted by Gasteiger charge is -2.69. The molecule has 8 heterocycles. The number of esters is 1. The van der Waals surface area contributed by atoms with Crippen molar-refractivity contribution in [1.82, 2.24) is 15.6 Å². The molecule has 7 aliphatic heterocycles. The monoisotopic (exact) mass is 1360 g/mol. The van der Waals surface area contributed by atoms with Gasteiger partial charge in [0, 0.05) is 69.1 Å². The Morgan fingerprint density at radius 1 is 0.747 bits per heavy atom. The predicted octanol–water partition coefficient (Wildman–Crippen LogP) is 13.0. The first-order valence-electron chi connectivity index (χ1n) is 36.5. The summed E-state index contributed by atoms with van der Waals surface area (Å²) in [5.74, 6) is -2.54. The molecule has 13 fully saturated rings. The molecule has 23 unspecified atom stereocenters. The number of fused-ring (bicyclic) bond motifs is 4. The predicted molar refractivity (Wildman–Crippen MR) is 377 cm³/mol. The second kappa shape index (κ2) is 22.7. The number of aliphatic hydroxyl groups excluding tert-OH is 3. The lowest BCUT2D eigenvalue weighted by molar-refractivity contribution is -0.381. The number of ether oxygens (including phenoxy) is 3. The number of phenolic OH excluding ortho intramolecular Hbond substituents is 1. The van der Waals surface area contributed by atoms with E-state index < -0.39 is 83.1 Å². The van der Waals surface area contributed by atoms with Crippen LogP contribution in [-0.4, -0.2) is 132 Å². The normalized spacial score (nSPS) is 44.0. The second-order valence-corrected chi connectivity index (χ2v) is 38.2. The van der Waals surface area contributed by atoms with E-state index in [2.05, 4.69) is 76.3 Å². The molecule has 0 radical (unpaired) electrons. The van der Waals surface area contributed by atoms with Crippen molar-refractivity contribution < 1.29 is 49.6 Å². The Balaban J connectivity index is 0.754. The van der Waals surface area contributed by atoms with Gasteiger partial charge in [-0.05, 0) is 231 Å². The summed E-state index contributed by atoms with van der Waals surface area (Å²) in [6.07, 6.45) is 14.6. The van der Waals surface area contributed by atoms with Crippen LogP contribution in [0.2, 0.25) is 0 Å². The Morgan fingerprint density at radius 3 is 2.38 bits per heavy atom. The van der Waals surface area contributed by atoms with Crippen LogP contribution in [-0.2, 0) is 31.7 Å². The van der Waals surface area contributed by atoms with Crippen LogP contribution in [0.1, 0.15) is 150 Å². The number of aromatic nitrogens is 1. The van der Waals surface area contributed by atoms with Crippen molar-refractivity contribution in [1.29, 1.82) is 0 Å². The summed E-state index contributed by atoms with van der Waals surface area (Å²) in [4.78, 5) is 19.5. The van der Waals surface area contributed by atoms with E-state index in [1.165, 1.54) is 80.9 Å². The van der Waals surface area contributed by atoms with Crippen molar-refractivity contribution in [3.05, 3.63) is 119 Å². The largest absolute Gasteiger partial charge is 0.508 e.